The molecular weight excluding hydrogens is 144 g/mol. The molecule has 1 atom stereocenters. The molecule has 0 aromatic carbocycles. The van der Waals surface area contributed by atoms with Crippen molar-refractivity contribution in [3.8, 4) is 0 Å². The lowest BCUT2D eigenvalue weighted by atomic mass is 10.1. The van der Waals surface area contributed by atoms with E-state index in [1.807, 2.05) is 0 Å². The van der Waals surface area contributed by atoms with Crippen LogP contribution in [0.1, 0.15) is 20.3 Å². The zero-order chi connectivity index (χ0) is 8.81. The summed E-state index contributed by atoms with van der Waals surface area (Å²) >= 11 is 0. The van der Waals surface area contributed by atoms with Gasteiger partial charge in [0.05, 0.1) is 0 Å². The zero-order valence-corrected chi connectivity index (χ0v) is 7.83. The van der Waals surface area contributed by atoms with E-state index < -0.39 is 0 Å². The number of allylic oxidation sites excluding steroid dienone is 8. The highest BCUT2D eigenvalue weighted by atomic mass is 14.0. The maximum atomic E-state index is 2.22. The van der Waals surface area contributed by atoms with Gasteiger partial charge in [0.2, 0.25) is 0 Å². The average molecular weight is 160 g/mol. The Balaban J connectivity index is 2.66. The van der Waals surface area contributed by atoms with E-state index in [9.17, 15) is 0 Å². The highest BCUT2D eigenvalue weighted by Gasteiger charge is 1.93. The van der Waals surface area contributed by atoms with E-state index in [-0.39, 0.29) is 0 Å². The Bertz CT molecular complexity index is 239. The van der Waals surface area contributed by atoms with E-state index in [2.05, 4.69) is 56.4 Å². The predicted octanol–water partition coefficient (Wildman–Crippen LogP) is 3.64. The summed E-state index contributed by atoms with van der Waals surface area (Å²) in [5.41, 5.74) is 1.29. The third-order valence-electron chi connectivity index (χ3n) is 1.84. The Morgan fingerprint density at radius 1 is 1.42 bits per heavy atom. The van der Waals surface area contributed by atoms with Crippen molar-refractivity contribution in [2.24, 2.45) is 5.92 Å². The second kappa shape index (κ2) is 4.76. The Labute approximate surface area is 75.0 Å². The van der Waals surface area contributed by atoms with Crippen LogP contribution in [0.15, 0.2) is 48.1 Å². The predicted molar refractivity (Wildman–Crippen MR) is 55.0 cm³/mol. The smallest absolute Gasteiger partial charge is 0.00754 e. The molecule has 0 nitrogen and oxygen atoms in total. The molecule has 0 radical (unpaired) electrons. The minimum Gasteiger partial charge on any atom is -0.0842 e. The van der Waals surface area contributed by atoms with Crippen molar-refractivity contribution in [3.63, 3.8) is 0 Å². The van der Waals surface area contributed by atoms with E-state index in [1.54, 1.807) is 0 Å². The first-order valence-electron chi connectivity index (χ1n) is 4.56. The molecular formula is C12H16. The van der Waals surface area contributed by atoms with Crippen molar-refractivity contribution < 1.29 is 0 Å². The molecule has 64 valence electrons. The van der Waals surface area contributed by atoms with Crippen molar-refractivity contribution in [2.45, 2.75) is 20.3 Å². The molecule has 1 rings (SSSR count). The van der Waals surface area contributed by atoms with E-state index in [4.69, 9.17) is 0 Å². The molecule has 0 aromatic rings. The van der Waals surface area contributed by atoms with E-state index in [0.717, 1.165) is 6.42 Å². The fourth-order valence-electron chi connectivity index (χ4n) is 1.09. The molecule has 0 N–H and O–H groups in total. The molecule has 0 aromatic heterocycles. The molecule has 1 unspecified atom stereocenters. The van der Waals surface area contributed by atoms with Gasteiger partial charge in [0.25, 0.3) is 0 Å². The SMILES string of the molecule is CC/C=C/C1=CC=CC(C)C=C1. The summed E-state index contributed by atoms with van der Waals surface area (Å²) < 4.78 is 0. The Kier molecular flexibility index (Phi) is 3.59. The lowest BCUT2D eigenvalue weighted by molar-refractivity contribution is 0.942. The summed E-state index contributed by atoms with van der Waals surface area (Å²) in [6, 6.07) is 0. The highest BCUT2D eigenvalue weighted by molar-refractivity contribution is 5.36. The molecule has 12 heavy (non-hydrogen) atoms. The first-order chi connectivity index (χ1) is 5.83. The first kappa shape index (κ1) is 9.05. The van der Waals surface area contributed by atoms with Gasteiger partial charge in [-0.15, -0.1) is 0 Å². The van der Waals surface area contributed by atoms with Gasteiger partial charge in [-0.2, -0.15) is 0 Å². The molecule has 0 fully saturated rings. The van der Waals surface area contributed by atoms with Gasteiger partial charge in [-0.1, -0.05) is 56.4 Å². The van der Waals surface area contributed by atoms with E-state index >= 15 is 0 Å². The van der Waals surface area contributed by atoms with Gasteiger partial charge in [-0.3, -0.25) is 0 Å². The average Bonchev–Trinajstić information content (AvgIpc) is 2.27. The van der Waals surface area contributed by atoms with Crippen LogP contribution < -0.4 is 0 Å². The fourth-order valence-corrected chi connectivity index (χ4v) is 1.09. The molecule has 0 heterocycles. The number of hydrogen-bond donors (Lipinski definition) is 0. The maximum Gasteiger partial charge on any atom is -0.00754 e. The van der Waals surface area contributed by atoms with Crippen LogP contribution in [-0.4, -0.2) is 0 Å². The Hall–Kier alpha value is -1.04. The second-order valence-electron chi connectivity index (χ2n) is 3.08. The molecule has 0 heteroatoms. The summed E-state index contributed by atoms with van der Waals surface area (Å²) in [5.74, 6) is 0.564. The molecule has 0 saturated carbocycles. The lowest BCUT2D eigenvalue weighted by Gasteiger charge is -1.92. The van der Waals surface area contributed by atoms with Crippen LogP contribution in [0, 0.1) is 5.92 Å². The number of rotatable bonds is 2. The molecule has 0 aliphatic heterocycles. The summed E-state index contributed by atoms with van der Waals surface area (Å²) in [6.07, 6.45) is 16.3. The minimum absolute atomic E-state index is 0.564. The zero-order valence-electron chi connectivity index (χ0n) is 7.83. The van der Waals surface area contributed by atoms with Gasteiger partial charge in [-0.25, -0.2) is 0 Å². The molecule has 0 amide bonds. The van der Waals surface area contributed by atoms with E-state index in [0.29, 0.717) is 5.92 Å². The topological polar surface area (TPSA) is 0 Å². The minimum atomic E-state index is 0.564. The molecule has 0 saturated heterocycles. The maximum absolute atomic E-state index is 2.22. The Morgan fingerprint density at radius 2 is 2.25 bits per heavy atom. The molecule has 0 spiro atoms. The Morgan fingerprint density at radius 3 is 3.00 bits per heavy atom. The van der Waals surface area contributed by atoms with Crippen LogP contribution in [0.3, 0.4) is 0 Å². The standard InChI is InChI=1S/C12H16/c1-3-4-7-12-8-5-6-11(2)9-10-12/h4-11H,3H2,1-2H3/b7-4+. The summed E-state index contributed by atoms with van der Waals surface area (Å²) in [5, 5.41) is 0. The van der Waals surface area contributed by atoms with Gasteiger partial charge in [-0.05, 0) is 17.9 Å². The van der Waals surface area contributed by atoms with Crippen LogP contribution in [0.5, 0.6) is 0 Å². The quantitative estimate of drug-likeness (QED) is 0.578. The second-order valence-corrected chi connectivity index (χ2v) is 3.08. The molecule has 1 aliphatic rings. The monoisotopic (exact) mass is 160 g/mol. The normalized spacial score (nSPS) is 22.8. The largest absolute Gasteiger partial charge is 0.0842 e. The van der Waals surface area contributed by atoms with Gasteiger partial charge in [0, 0.05) is 0 Å². The van der Waals surface area contributed by atoms with Crippen molar-refractivity contribution in [1.29, 1.82) is 0 Å². The lowest BCUT2D eigenvalue weighted by Crippen LogP contribution is -1.78. The third kappa shape index (κ3) is 2.91. The summed E-state index contributed by atoms with van der Waals surface area (Å²) in [6.45, 7) is 4.34. The number of hydrogen-bond acceptors (Lipinski definition) is 0. The van der Waals surface area contributed by atoms with Crippen LogP contribution in [0.2, 0.25) is 0 Å². The fraction of sp³-hybridized carbons (Fsp3) is 0.333. The summed E-state index contributed by atoms with van der Waals surface area (Å²) in [7, 11) is 0. The van der Waals surface area contributed by atoms with Gasteiger partial charge < -0.3 is 0 Å². The first-order valence-corrected chi connectivity index (χ1v) is 4.56. The molecule has 0 bridgehead atoms. The van der Waals surface area contributed by atoms with Crippen LogP contribution in [0.25, 0.3) is 0 Å². The van der Waals surface area contributed by atoms with Crippen molar-refractivity contribution in [2.75, 3.05) is 0 Å². The van der Waals surface area contributed by atoms with E-state index in [1.165, 1.54) is 5.57 Å². The van der Waals surface area contributed by atoms with Crippen molar-refractivity contribution in [3.05, 3.63) is 48.1 Å². The highest BCUT2D eigenvalue weighted by Crippen LogP contribution is 2.10. The van der Waals surface area contributed by atoms with Gasteiger partial charge in [0.15, 0.2) is 0 Å². The van der Waals surface area contributed by atoms with Crippen molar-refractivity contribution in [1.82, 2.24) is 0 Å². The van der Waals surface area contributed by atoms with Gasteiger partial charge in [0.1, 0.15) is 0 Å². The van der Waals surface area contributed by atoms with Crippen LogP contribution in [0.4, 0.5) is 0 Å². The third-order valence-corrected chi connectivity index (χ3v) is 1.84. The van der Waals surface area contributed by atoms with Crippen LogP contribution >= 0.6 is 0 Å². The van der Waals surface area contributed by atoms with Crippen molar-refractivity contribution >= 4 is 0 Å². The summed E-state index contributed by atoms with van der Waals surface area (Å²) in [4.78, 5) is 0. The van der Waals surface area contributed by atoms with Gasteiger partial charge >= 0.3 is 0 Å². The van der Waals surface area contributed by atoms with Crippen LogP contribution in [-0.2, 0) is 0 Å². The molecule has 1 aliphatic carbocycles.